The smallest absolute Gasteiger partial charge is 0.326 e. The second kappa shape index (κ2) is 8.53. The predicted octanol–water partition coefficient (Wildman–Crippen LogP) is 1.80. The fourth-order valence-corrected chi connectivity index (χ4v) is 4.70. The van der Waals surface area contributed by atoms with Crippen molar-refractivity contribution in [3.05, 3.63) is 0 Å². The van der Waals surface area contributed by atoms with Crippen LogP contribution in [0.5, 0.6) is 0 Å². The van der Waals surface area contributed by atoms with Crippen molar-refractivity contribution in [2.75, 3.05) is 18.1 Å². The molecule has 1 saturated heterocycles. The van der Waals surface area contributed by atoms with Crippen molar-refractivity contribution in [2.45, 2.75) is 32.7 Å². The Morgan fingerprint density at radius 1 is 1.14 bits per heavy atom. The molecule has 0 aromatic rings. The topological polar surface area (TPSA) is 94.9 Å². The Morgan fingerprint density at radius 2 is 1.71 bits per heavy atom. The number of likely N-dealkylation sites (tertiary alicyclic amines) is 1. The van der Waals surface area contributed by atoms with Crippen molar-refractivity contribution in [1.29, 1.82) is 0 Å². The molecule has 1 aliphatic rings. The Bertz CT molecular complexity index is 404. The third kappa shape index (κ3) is 5.43. The van der Waals surface area contributed by atoms with Crippen LogP contribution < -0.4 is 0 Å². The molecule has 0 radical (unpaired) electrons. The molecular weight excluding hydrogens is 314 g/mol. The van der Waals surface area contributed by atoms with Gasteiger partial charge in [0.25, 0.3) is 0 Å². The molecule has 0 saturated carbocycles. The highest BCUT2D eigenvalue weighted by Gasteiger charge is 2.35. The van der Waals surface area contributed by atoms with Gasteiger partial charge in [0.05, 0.1) is 5.92 Å². The number of carbonyl (C=O) groups is 3. The van der Waals surface area contributed by atoms with Crippen LogP contribution in [0.1, 0.15) is 26.7 Å². The van der Waals surface area contributed by atoms with Crippen molar-refractivity contribution < 1.29 is 24.6 Å². The van der Waals surface area contributed by atoms with E-state index in [1.165, 1.54) is 26.5 Å². The van der Waals surface area contributed by atoms with Crippen molar-refractivity contribution in [3.63, 3.8) is 0 Å². The van der Waals surface area contributed by atoms with Crippen LogP contribution >= 0.6 is 21.6 Å². The van der Waals surface area contributed by atoms with Gasteiger partial charge in [-0.1, -0.05) is 35.4 Å². The van der Waals surface area contributed by atoms with E-state index in [0.29, 0.717) is 24.5 Å². The van der Waals surface area contributed by atoms with Crippen LogP contribution in [0.15, 0.2) is 0 Å². The predicted molar refractivity (Wildman–Crippen MR) is 83.3 cm³/mol. The molecule has 0 aliphatic carbocycles. The summed E-state index contributed by atoms with van der Waals surface area (Å²) in [5.41, 5.74) is 0. The van der Waals surface area contributed by atoms with Gasteiger partial charge in [0, 0.05) is 24.0 Å². The summed E-state index contributed by atoms with van der Waals surface area (Å²) in [5, 5.41) is 17.8. The van der Waals surface area contributed by atoms with Gasteiger partial charge >= 0.3 is 11.9 Å². The molecule has 1 heterocycles. The van der Waals surface area contributed by atoms with Gasteiger partial charge in [-0.2, -0.15) is 0 Å². The zero-order chi connectivity index (χ0) is 16.0. The largest absolute Gasteiger partial charge is 0.481 e. The normalized spacial score (nSPS) is 21.0. The number of hydrogen-bond donors (Lipinski definition) is 2. The van der Waals surface area contributed by atoms with E-state index in [1.54, 1.807) is 13.8 Å². The molecule has 2 N–H and O–H groups in total. The average Bonchev–Trinajstić information content (AvgIpc) is 2.91. The SMILES string of the molecule is C[C@H](CSSC[C@H](C)C(=O)O)C(=O)N1CCC[C@H]1C(=O)O. The summed E-state index contributed by atoms with van der Waals surface area (Å²) in [4.78, 5) is 35.4. The maximum Gasteiger partial charge on any atom is 0.326 e. The maximum absolute atomic E-state index is 12.2. The molecule has 6 nitrogen and oxygen atoms in total. The number of nitrogens with zero attached hydrogens (tertiary/aromatic N) is 1. The van der Waals surface area contributed by atoms with Crippen LogP contribution in [0.2, 0.25) is 0 Å². The summed E-state index contributed by atoms with van der Waals surface area (Å²) in [6, 6.07) is -0.690. The standard InChI is InChI=1S/C13H21NO5S2/c1-8(6-20-21-7-9(2)12(16)17)11(15)14-5-3-4-10(14)13(18)19/h8-10H,3-7H2,1-2H3,(H,16,17)(H,18,19)/t8-,9+,10+/m1/s1. The molecular formula is C13H21NO5S2. The molecule has 0 aromatic carbocycles. The molecule has 1 amide bonds. The molecule has 3 atom stereocenters. The quantitative estimate of drug-likeness (QED) is 0.516. The van der Waals surface area contributed by atoms with Gasteiger partial charge in [0.1, 0.15) is 6.04 Å². The molecule has 8 heteroatoms. The van der Waals surface area contributed by atoms with E-state index < -0.39 is 23.9 Å². The molecule has 0 unspecified atom stereocenters. The lowest BCUT2D eigenvalue weighted by Gasteiger charge is -2.24. The number of hydrogen-bond acceptors (Lipinski definition) is 5. The fraction of sp³-hybridized carbons (Fsp3) is 0.769. The summed E-state index contributed by atoms with van der Waals surface area (Å²) in [7, 11) is 2.90. The Kier molecular flexibility index (Phi) is 7.37. The Labute approximate surface area is 132 Å². The van der Waals surface area contributed by atoms with Gasteiger partial charge in [-0.15, -0.1) is 0 Å². The summed E-state index contributed by atoms with van der Waals surface area (Å²) in [6.45, 7) is 3.94. The summed E-state index contributed by atoms with van der Waals surface area (Å²) in [5.74, 6) is -1.52. The molecule has 0 bridgehead atoms. The number of amides is 1. The molecule has 21 heavy (non-hydrogen) atoms. The van der Waals surface area contributed by atoms with Gasteiger partial charge in [-0.05, 0) is 12.8 Å². The van der Waals surface area contributed by atoms with Gasteiger partial charge < -0.3 is 15.1 Å². The first-order chi connectivity index (χ1) is 9.84. The van der Waals surface area contributed by atoms with E-state index in [9.17, 15) is 14.4 Å². The first kappa shape index (κ1) is 18.2. The number of rotatable bonds is 8. The maximum atomic E-state index is 12.2. The van der Waals surface area contributed by atoms with Crippen molar-refractivity contribution in [2.24, 2.45) is 11.8 Å². The van der Waals surface area contributed by atoms with Gasteiger partial charge in [-0.25, -0.2) is 4.79 Å². The Hall–Kier alpha value is -0.890. The van der Waals surface area contributed by atoms with Crippen molar-refractivity contribution in [3.8, 4) is 0 Å². The fourth-order valence-electron chi connectivity index (χ4n) is 2.01. The van der Waals surface area contributed by atoms with Crippen LogP contribution in [0, 0.1) is 11.8 Å². The summed E-state index contributed by atoms with van der Waals surface area (Å²) >= 11 is 0. The minimum absolute atomic E-state index is 0.126. The second-order valence-electron chi connectivity index (χ2n) is 5.24. The van der Waals surface area contributed by atoms with Crippen LogP contribution in [0.3, 0.4) is 0 Å². The van der Waals surface area contributed by atoms with Crippen LogP contribution in [-0.2, 0) is 14.4 Å². The Balaban J connectivity index is 2.34. The Morgan fingerprint density at radius 3 is 2.24 bits per heavy atom. The van der Waals surface area contributed by atoms with Gasteiger partial charge in [0.2, 0.25) is 5.91 Å². The molecule has 1 rings (SSSR count). The molecule has 0 spiro atoms. The zero-order valence-electron chi connectivity index (χ0n) is 12.2. The van der Waals surface area contributed by atoms with E-state index in [-0.39, 0.29) is 11.8 Å². The molecule has 0 aromatic heterocycles. The summed E-state index contributed by atoms with van der Waals surface area (Å²) in [6.07, 6.45) is 1.25. The number of carboxylic acids is 2. The summed E-state index contributed by atoms with van der Waals surface area (Å²) < 4.78 is 0. The highest BCUT2D eigenvalue weighted by molar-refractivity contribution is 8.76. The third-order valence-corrected chi connectivity index (χ3v) is 6.14. The van der Waals surface area contributed by atoms with E-state index in [1.807, 2.05) is 0 Å². The first-order valence-corrected chi connectivity index (χ1v) is 9.34. The zero-order valence-corrected chi connectivity index (χ0v) is 13.8. The van der Waals surface area contributed by atoms with Crippen molar-refractivity contribution in [1.82, 2.24) is 4.90 Å². The second-order valence-corrected chi connectivity index (χ2v) is 7.79. The minimum Gasteiger partial charge on any atom is -0.481 e. The van der Waals surface area contributed by atoms with Crippen LogP contribution in [-0.4, -0.2) is 57.1 Å². The average molecular weight is 335 g/mol. The van der Waals surface area contributed by atoms with E-state index in [2.05, 4.69) is 0 Å². The molecule has 1 aliphatic heterocycles. The first-order valence-electron chi connectivity index (χ1n) is 6.85. The minimum atomic E-state index is -0.939. The van der Waals surface area contributed by atoms with E-state index >= 15 is 0 Å². The highest BCUT2D eigenvalue weighted by Crippen LogP contribution is 2.28. The molecule has 1 fully saturated rings. The molecule has 120 valence electrons. The van der Waals surface area contributed by atoms with Crippen LogP contribution in [0.25, 0.3) is 0 Å². The van der Waals surface area contributed by atoms with E-state index in [4.69, 9.17) is 10.2 Å². The number of carboxylic acid groups (broad SMARTS) is 2. The third-order valence-electron chi connectivity index (χ3n) is 3.38. The highest BCUT2D eigenvalue weighted by atomic mass is 33.1. The number of aliphatic carboxylic acids is 2. The lowest BCUT2D eigenvalue weighted by molar-refractivity contribution is -0.149. The lowest BCUT2D eigenvalue weighted by atomic mass is 10.1. The van der Waals surface area contributed by atoms with Gasteiger partial charge in [0.15, 0.2) is 0 Å². The lowest BCUT2D eigenvalue weighted by Crippen LogP contribution is -2.43. The monoisotopic (exact) mass is 335 g/mol. The number of carbonyl (C=O) groups excluding carboxylic acids is 1. The van der Waals surface area contributed by atoms with Crippen molar-refractivity contribution >= 4 is 39.4 Å². The van der Waals surface area contributed by atoms with Gasteiger partial charge in [-0.3, -0.25) is 9.59 Å². The van der Waals surface area contributed by atoms with E-state index in [0.717, 1.165) is 6.42 Å². The van der Waals surface area contributed by atoms with Crippen LogP contribution in [0.4, 0.5) is 0 Å².